The maximum absolute atomic E-state index is 12.9. The summed E-state index contributed by atoms with van der Waals surface area (Å²) in [5.41, 5.74) is 0. The van der Waals surface area contributed by atoms with Crippen molar-refractivity contribution in [2.75, 3.05) is 13.2 Å². The standard InChI is InChI=1S/C64H116O6/c1-4-7-10-13-16-19-22-24-26-28-30-32-34-36-38-40-42-45-48-51-54-57-63(66)69-60-61(59-68-62(65)56-53-50-47-44-21-18-15-12-9-6-3)70-64(67)58-55-52-49-46-43-41-39-37-35-33-31-29-27-25-23-20-17-14-11-8-5-2/h22-25,28-31,61H,4-21,26-27,32-60H2,1-3H3/b24-22-,25-23-,30-28-,31-29-. The molecule has 0 radical (unpaired) electrons. The first-order valence-corrected chi connectivity index (χ1v) is 30.6. The fourth-order valence-electron chi connectivity index (χ4n) is 8.92. The molecule has 6 heteroatoms. The molecule has 0 aromatic rings. The zero-order valence-corrected chi connectivity index (χ0v) is 46.8. The molecule has 0 N–H and O–H groups in total. The van der Waals surface area contributed by atoms with Crippen LogP contribution in [0.3, 0.4) is 0 Å². The second-order valence-corrected chi connectivity index (χ2v) is 20.6. The summed E-state index contributed by atoms with van der Waals surface area (Å²) in [6.45, 7) is 6.64. The van der Waals surface area contributed by atoms with Crippen LogP contribution in [0, 0.1) is 0 Å². The number of carbonyl (C=O) groups is 3. The Labute approximate surface area is 435 Å². The maximum atomic E-state index is 12.9. The smallest absolute Gasteiger partial charge is 0.306 e. The molecule has 0 amide bonds. The number of carbonyl (C=O) groups excluding carboxylic acids is 3. The second-order valence-electron chi connectivity index (χ2n) is 20.6. The largest absolute Gasteiger partial charge is 0.462 e. The Morgan fingerprint density at radius 3 is 0.786 bits per heavy atom. The Kier molecular flexibility index (Phi) is 56.7. The topological polar surface area (TPSA) is 78.9 Å². The molecule has 0 aromatic heterocycles. The number of hydrogen-bond acceptors (Lipinski definition) is 6. The Bertz CT molecular complexity index is 1220. The second kappa shape index (κ2) is 58.9. The molecule has 1 atom stereocenters. The SMILES string of the molecule is CCCCCCC/C=C\C/C=C\CCCCCCCCCCCC(=O)OCC(COC(=O)CCCCCCCCCCCC)OC(=O)CCCCCCCCCCC/C=C\C/C=C\CCCCCCC. The van der Waals surface area contributed by atoms with Crippen molar-refractivity contribution in [3.8, 4) is 0 Å². The Morgan fingerprint density at radius 1 is 0.286 bits per heavy atom. The molecule has 1 unspecified atom stereocenters. The van der Waals surface area contributed by atoms with Crippen LogP contribution in [0.2, 0.25) is 0 Å². The molecule has 0 aromatic carbocycles. The Morgan fingerprint density at radius 2 is 0.514 bits per heavy atom. The van der Waals surface area contributed by atoms with Gasteiger partial charge in [0.15, 0.2) is 6.10 Å². The lowest BCUT2D eigenvalue weighted by Gasteiger charge is -2.18. The van der Waals surface area contributed by atoms with Gasteiger partial charge < -0.3 is 14.2 Å². The number of rotatable bonds is 56. The molecule has 0 fully saturated rings. The van der Waals surface area contributed by atoms with Crippen LogP contribution in [0.4, 0.5) is 0 Å². The van der Waals surface area contributed by atoms with Gasteiger partial charge in [-0.1, -0.05) is 268 Å². The minimum absolute atomic E-state index is 0.0732. The molecule has 70 heavy (non-hydrogen) atoms. The molecule has 0 aliphatic carbocycles. The molecular weight excluding hydrogens is 865 g/mol. The first-order valence-electron chi connectivity index (χ1n) is 30.6. The molecular formula is C64H116O6. The van der Waals surface area contributed by atoms with E-state index >= 15 is 0 Å². The van der Waals surface area contributed by atoms with E-state index < -0.39 is 6.10 Å². The van der Waals surface area contributed by atoms with Gasteiger partial charge in [0.25, 0.3) is 0 Å². The molecule has 0 saturated heterocycles. The Balaban J connectivity index is 4.27. The number of allylic oxidation sites excluding steroid dienone is 8. The van der Waals surface area contributed by atoms with Crippen molar-refractivity contribution in [2.24, 2.45) is 0 Å². The van der Waals surface area contributed by atoms with E-state index in [9.17, 15) is 14.4 Å². The van der Waals surface area contributed by atoms with Crippen molar-refractivity contribution in [3.63, 3.8) is 0 Å². The van der Waals surface area contributed by atoms with Crippen LogP contribution in [-0.2, 0) is 28.6 Å². The highest BCUT2D eigenvalue weighted by Gasteiger charge is 2.19. The quantitative estimate of drug-likeness (QED) is 0.0261. The van der Waals surface area contributed by atoms with Crippen LogP contribution < -0.4 is 0 Å². The summed E-state index contributed by atoms with van der Waals surface area (Å²) >= 11 is 0. The molecule has 0 rings (SSSR count). The van der Waals surface area contributed by atoms with Gasteiger partial charge in [0.1, 0.15) is 13.2 Å². The summed E-state index contributed by atoms with van der Waals surface area (Å²) < 4.78 is 16.9. The molecule has 408 valence electrons. The molecule has 6 nitrogen and oxygen atoms in total. The minimum Gasteiger partial charge on any atom is -0.462 e. The fourth-order valence-corrected chi connectivity index (χ4v) is 8.92. The summed E-state index contributed by atoms with van der Waals surface area (Å²) in [5, 5.41) is 0. The minimum atomic E-state index is -0.775. The lowest BCUT2D eigenvalue weighted by Crippen LogP contribution is -2.30. The first-order chi connectivity index (χ1) is 34.5. The van der Waals surface area contributed by atoms with Crippen LogP contribution >= 0.6 is 0 Å². The number of unbranched alkanes of at least 4 members (excludes halogenated alkanes) is 37. The number of esters is 3. The van der Waals surface area contributed by atoms with Crippen LogP contribution in [-0.4, -0.2) is 37.2 Å². The molecule has 0 bridgehead atoms. The summed E-state index contributed by atoms with van der Waals surface area (Å²) in [6.07, 6.45) is 72.5. The highest BCUT2D eigenvalue weighted by Crippen LogP contribution is 2.16. The summed E-state index contributed by atoms with van der Waals surface area (Å²) in [5.74, 6) is -0.867. The Hall–Kier alpha value is -2.63. The van der Waals surface area contributed by atoms with Gasteiger partial charge in [-0.25, -0.2) is 0 Å². The van der Waals surface area contributed by atoms with Crippen molar-refractivity contribution in [3.05, 3.63) is 48.6 Å². The van der Waals surface area contributed by atoms with Gasteiger partial charge in [-0.2, -0.15) is 0 Å². The lowest BCUT2D eigenvalue weighted by atomic mass is 10.1. The van der Waals surface area contributed by atoms with Crippen molar-refractivity contribution in [1.29, 1.82) is 0 Å². The van der Waals surface area contributed by atoms with E-state index in [1.165, 1.54) is 212 Å². The van der Waals surface area contributed by atoms with Crippen molar-refractivity contribution >= 4 is 17.9 Å². The van der Waals surface area contributed by atoms with E-state index in [1.54, 1.807) is 0 Å². The maximum Gasteiger partial charge on any atom is 0.306 e. The van der Waals surface area contributed by atoms with Gasteiger partial charge in [0.2, 0.25) is 0 Å². The number of hydrogen-bond donors (Lipinski definition) is 0. The van der Waals surface area contributed by atoms with Gasteiger partial charge in [-0.05, 0) is 83.5 Å². The van der Waals surface area contributed by atoms with Gasteiger partial charge in [-0.3, -0.25) is 14.4 Å². The molecule has 0 saturated carbocycles. The molecule has 0 aliphatic heterocycles. The summed E-state index contributed by atoms with van der Waals surface area (Å²) in [6, 6.07) is 0. The van der Waals surface area contributed by atoms with Crippen molar-refractivity contribution < 1.29 is 28.6 Å². The zero-order valence-electron chi connectivity index (χ0n) is 46.8. The zero-order chi connectivity index (χ0) is 50.7. The van der Waals surface area contributed by atoms with E-state index in [1.807, 2.05) is 0 Å². The van der Waals surface area contributed by atoms with Crippen molar-refractivity contribution in [1.82, 2.24) is 0 Å². The van der Waals surface area contributed by atoms with E-state index in [2.05, 4.69) is 69.4 Å². The van der Waals surface area contributed by atoms with Crippen molar-refractivity contribution in [2.45, 2.75) is 329 Å². The molecule has 0 spiro atoms. The fraction of sp³-hybridized carbons (Fsp3) is 0.828. The predicted octanol–water partition coefficient (Wildman–Crippen LogP) is 20.6. The average Bonchev–Trinajstić information content (AvgIpc) is 3.36. The van der Waals surface area contributed by atoms with E-state index in [0.29, 0.717) is 19.3 Å². The monoisotopic (exact) mass is 981 g/mol. The molecule has 0 heterocycles. The first kappa shape index (κ1) is 67.4. The summed E-state index contributed by atoms with van der Waals surface area (Å²) in [7, 11) is 0. The van der Waals surface area contributed by atoms with E-state index in [0.717, 1.165) is 70.6 Å². The summed E-state index contributed by atoms with van der Waals surface area (Å²) in [4.78, 5) is 38.2. The van der Waals surface area contributed by atoms with Gasteiger partial charge in [-0.15, -0.1) is 0 Å². The third-order valence-corrected chi connectivity index (χ3v) is 13.6. The highest BCUT2D eigenvalue weighted by atomic mass is 16.6. The third kappa shape index (κ3) is 56.3. The normalized spacial score (nSPS) is 12.3. The average molecular weight is 982 g/mol. The third-order valence-electron chi connectivity index (χ3n) is 13.6. The predicted molar refractivity (Wildman–Crippen MR) is 302 cm³/mol. The van der Waals surface area contributed by atoms with Crippen LogP contribution in [0.15, 0.2) is 48.6 Å². The van der Waals surface area contributed by atoms with E-state index in [4.69, 9.17) is 14.2 Å². The van der Waals surface area contributed by atoms with Crippen LogP contribution in [0.1, 0.15) is 323 Å². The van der Waals surface area contributed by atoms with Gasteiger partial charge in [0, 0.05) is 19.3 Å². The van der Waals surface area contributed by atoms with Crippen LogP contribution in [0.5, 0.6) is 0 Å². The van der Waals surface area contributed by atoms with Gasteiger partial charge in [0.05, 0.1) is 0 Å². The van der Waals surface area contributed by atoms with E-state index in [-0.39, 0.29) is 31.1 Å². The number of ether oxygens (including phenoxy) is 3. The van der Waals surface area contributed by atoms with Gasteiger partial charge >= 0.3 is 17.9 Å². The highest BCUT2D eigenvalue weighted by molar-refractivity contribution is 5.71. The van der Waals surface area contributed by atoms with Crippen LogP contribution in [0.25, 0.3) is 0 Å². The lowest BCUT2D eigenvalue weighted by molar-refractivity contribution is -0.167. The molecule has 0 aliphatic rings.